The van der Waals surface area contributed by atoms with Crippen molar-refractivity contribution < 1.29 is 14.2 Å². The van der Waals surface area contributed by atoms with Crippen molar-refractivity contribution >= 4 is 0 Å². The minimum absolute atomic E-state index is 0.140. The highest BCUT2D eigenvalue weighted by Crippen LogP contribution is 1.89. The molecule has 0 aromatic heterocycles. The molecule has 0 radical (unpaired) electrons. The lowest BCUT2D eigenvalue weighted by molar-refractivity contribution is 0.0291. The van der Waals surface area contributed by atoms with E-state index in [-0.39, 0.29) is 6.10 Å². The molecule has 0 bridgehead atoms. The lowest BCUT2D eigenvalue weighted by Gasteiger charge is -2.15. The molecule has 5 nitrogen and oxygen atoms in total. The van der Waals surface area contributed by atoms with Gasteiger partial charge in [0, 0.05) is 47.1 Å². The summed E-state index contributed by atoms with van der Waals surface area (Å²) >= 11 is 0. The number of rotatable bonds is 14. The van der Waals surface area contributed by atoms with E-state index < -0.39 is 0 Å². The van der Waals surface area contributed by atoms with Gasteiger partial charge < -0.3 is 24.8 Å². The van der Waals surface area contributed by atoms with E-state index in [1.807, 2.05) is 6.92 Å². The molecule has 0 rings (SSSR count). The third-order valence-electron chi connectivity index (χ3n) is 2.63. The van der Waals surface area contributed by atoms with Gasteiger partial charge in [0.05, 0.1) is 12.7 Å². The lowest BCUT2D eigenvalue weighted by Crippen LogP contribution is -2.36. The van der Waals surface area contributed by atoms with Gasteiger partial charge in [0.2, 0.25) is 0 Å². The molecule has 0 saturated heterocycles. The average molecular weight is 262 g/mol. The van der Waals surface area contributed by atoms with E-state index in [0.717, 1.165) is 45.8 Å². The zero-order chi connectivity index (χ0) is 13.5. The first-order chi connectivity index (χ1) is 8.85. The lowest BCUT2D eigenvalue weighted by atomic mass is 10.3. The van der Waals surface area contributed by atoms with E-state index in [1.165, 1.54) is 6.42 Å². The summed E-state index contributed by atoms with van der Waals surface area (Å²) in [4.78, 5) is 0. The molecule has 2 N–H and O–H groups in total. The normalized spacial score (nSPS) is 12.8. The van der Waals surface area contributed by atoms with Crippen LogP contribution < -0.4 is 10.6 Å². The van der Waals surface area contributed by atoms with E-state index in [9.17, 15) is 0 Å². The predicted octanol–water partition coefficient (Wildman–Crippen LogP) is 0.644. The largest absolute Gasteiger partial charge is 0.382 e. The Morgan fingerprint density at radius 2 is 1.78 bits per heavy atom. The first-order valence-corrected chi connectivity index (χ1v) is 6.86. The van der Waals surface area contributed by atoms with Gasteiger partial charge in [-0.25, -0.2) is 0 Å². The number of methoxy groups -OCH3 is 2. The van der Waals surface area contributed by atoms with Gasteiger partial charge in [-0.05, 0) is 26.3 Å². The van der Waals surface area contributed by atoms with Gasteiger partial charge in [0.1, 0.15) is 0 Å². The number of hydrogen-bond donors (Lipinski definition) is 2. The monoisotopic (exact) mass is 262 g/mol. The molecule has 5 heteroatoms. The molecular weight excluding hydrogens is 232 g/mol. The van der Waals surface area contributed by atoms with Crippen LogP contribution in [0.5, 0.6) is 0 Å². The third kappa shape index (κ3) is 12.3. The Kier molecular flexibility index (Phi) is 14.7. The van der Waals surface area contributed by atoms with Crippen LogP contribution in [0, 0.1) is 0 Å². The van der Waals surface area contributed by atoms with E-state index in [4.69, 9.17) is 14.2 Å². The van der Waals surface area contributed by atoms with Crippen LogP contribution in [0.25, 0.3) is 0 Å². The van der Waals surface area contributed by atoms with Crippen LogP contribution in [0.3, 0.4) is 0 Å². The minimum atomic E-state index is 0.140. The quantitative estimate of drug-likeness (QED) is 0.450. The molecule has 0 heterocycles. The maximum absolute atomic E-state index is 5.27. The standard InChI is InChI=1S/C13H30N2O3/c1-4-18-10-6-5-7-14-8-9-15-11-13(17-3)12-16-2/h13-15H,4-12H2,1-3H3. The van der Waals surface area contributed by atoms with E-state index in [2.05, 4.69) is 10.6 Å². The van der Waals surface area contributed by atoms with Crippen molar-refractivity contribution in [1.82, 2.24) is 10.6 Å². The van der Waals surface area contributed by atoms with Gasteiger partial charge in [-0.15, -0.1) is 0 Å². The van der Waals surface area contributed by atoms with E-state index >= 15 is 0 Å². The SMILES string of the molecule is CCOCCCCNCCNCC(COC)OC. The van der Waals surface area contributed by atoms with Crippen LogP contribution in [-0.2, 0) is 14.2 Å². The van der Waals surface area contributed by atoms with Gasteiger partial charge >= 0.3 is 0 Å². The topological polar surface area (TPSA) is 51.8 Å². The van der Waals surface area contributed by atoms with Crippen molar-refractivity contribution in [3.05, 3.63) is 0 Å². The van der Waals surface area contributed by atoms with Crippen LogP contribution in [0.4, 0.5) is 0 Å². The summed E-state index contributed by atoms with van der Waals surface area (Å²) in [6.45, 7) is 8.18. The van der Waals surface area contributed by atoms with Crippen molar-refractivity contribution in [3.8, 4) is 0 Å². The molecule has 0 aliphatic rings. The summed E-state index contributed by atoms with van der Waals surface area (Å²) in [6, 6.07) is 0. The highest BCUT2D eigenvalue weighted by Gasteiger charge is 2.04. The summed E-state index contributed by atoms with van der Waals surface area (Å²) < 4.78 is 15.6. The first-order valence-electron chi connectivity index (χ1n) is 6.86. The maximum Gasteiger partial charge on any atom is 0.0928 e. The summed E-state index contributed by atoms with van der Waals surface area (Å²) in [6.07, 6.45) is 2.44. The fourth-order valence-electron chi connectivity index (χ4n) is 1.56. The van der Waals surface area contributed by atoms with Gasteiger partial charge in [-0.1, -0.05) is 0 Å². The van der Waals surface area contributed by atoms with Gasteiger partial charge in [-0.2, -0.15) is 0 Å². The zero-order valence-electron chi connectivity index (χ0n) is 12.2. The summed E-state index contributed by atoms with van der Waals surface area (Å²) in [5.41, 5.74) is 0. The Morgan fingerprint density at radius 1 is 1.00 bits per heavy atom. The van der Waals surface area contributed by atoms with Crippen molar-refractivity contribution in [2.24, 2.45) is 0 Å². The first kappa shape index (κ1) is 17.8. The predicted molar refractivity (Wildman–Crippen MR) is 74.1 cm³/mol. The van der Waals surface area contributed by atoms with Gasteiger partial charge in [0.15, 0.2) is 0 Å². The molecule has 0 aliphatic heterocycles. The van der Waals surface area contributed by atoms with E-state index in [1.54, 1.807) is 14.2 Å². The zero-order valence-corrected chi connectivity index (χ0v) is 12.2. The van der Waals surface area contributed by atoms with Crippen LogP contribution in [0.15, 0.2) is 0 Å². The Balaban J connectivity index is 3.10. The van der Waals surface area contributed by atoms with Crippen LogP contribution in [0.2, 0.25) is 0 Å². The molecular formula is C13H30N2O3. The molecule has 0 fully saturated rings. The minimum Gasteiger partial charge on any atom is -0.382 e. The second-order valence-electron chi connectivity index (χ2n) is 4.17. The summed E-state index contributed by atoms with van der Waals surface area (Å²) in [5, 5.41) is 6.74. The van der Waals surface area contributed by atoms with Crippen molar-refractivity contribution in [3.63, 3.8) is 0 Å². The summed E-state index contributed by atoms with van der Waals surface area (Å²) in [7, 11) is 3.40. The van der Waals surface area contributed by atoms with Crippen molar-refractivity contribution in [2.45, 2.75) is 25.9 Å². The fourth-order valence-corrected chi connectivity index (χ4v) is 1.56. The Hall–Kier alpha value is -0.200. The molecule has 0 aliphatic carbocycles. The van der Waals surface area contributed by atoms with Crippen molar-refractivity contribution in [1.29, 1.82) is 0 Å². The van der Waals surface area contributed by atoms with Gasteiger partial charge in [0.25, 0.3) is 0 Å². The molecule has 110 valence electrons. The number of hydrogen-bond acceptors (Lipinski definition) is 5. The van der Waals surface area contributed by atoms with Crippen LogP contribution >= 0.6 is 0 Å². The Morgan fingerprint density at radius 3 is 2.44 bits per heavy atom. The number of unbranched alkanes of at least 4 members (excludes halogenated alkanes) is 1. The molecule has 0 aromatic rings. The second kappa shape index (κ2) is 14.9. The van der Waals surface area contributed by atoms with Gasteiger partial charge in [-0.3, -0.25) is 0 Å². The van der Waals surface area contributed by atoms with Crippen molar-refractivity contribution in [2.75, 3.05) is 60.2 Å². The molecule has 0 spiro atoms. The molecule has 1 atom stereocenters. The summed E-state index contributed by atoms with van der Waals surface area (Å²) in [5.74, 6) is 0. The maximum atomic E-state index is 5.27. The van der Waals surface area contributed by atoms with Crippen LogP contribution in [-0.4, -0.2) is 66.3 Å². The third-order valence-corrected chi connectivity index (χ3v) is 2.63. The number of nitrogens with one attached hydrogen (secondary N) is 2. The molecule has 1 unspecified atom stereocenters. The average Bonchev–Trinajstić information content (AvgIpc) is 2.39. The fraction of sp³-hybridized carbons (Fsp3) is 1.00. The smallest absolute Gasteiger partial charge is 0.0928 e. The molecule has 0 amide bonds. The molecule has 0 aromatic carbocycles. The van der Waals surface area contributed by atoms with E-state index in [0.29, 0.717) is 6.61 Å². The second-order valence-corrected chi connectivity index (χ2v) is 4.17. The van der Waals surface area contributed by atoms with Crippen LogP contribution in [0.1, 0.15) is 19.8 Å². The highest BCUT2D eigenvalue weighted by atomic mass is 16.5. The molecule has 0 saturated carbocycles. The highest BCUT2D eigenvalue weighted by molar-refractivity contribution is 4.61. The Labute approximate surface area is 112 Å². The molecule has 18 heavy (non-hydrogen) atoms. The number of ether oxygens (including phenoxy) is 3. The Bertz CT molecular complexity index is 159.